The number of hydrogen-bond acceptors (Lipinski definition) is 6. The van der Waals surface area contributed by atoms with Crippen LogP contribution in [0, 0.1) is 0 Å². The smallest absolute Gasteiger partial charge is 0.260 e. The number of carbonyl (C=O) groups is 1. The second-order valence-electron chi connectivity index (χ2n) is 8.29. The summed E-state index contributed by atoms with van der Waals surface area (Å²) in [4.78, 5) is 19.1. The van der Waals surface area contributed by atoms with Gasteiger partial charge in [0, 0.05) is 24.3 Å². The van der Waals surface area contributed by atoms with Crippen molar-refractivity contribution in [3.05, 3.63) is 23.9 Å². The van der Waals surface area contributed by atoms with E-state index in [0.717, 1.165) is 43.9 Å². The summed E-state index contributed by atoms with van der Waals surface area (Å²) in [5.74, 6) is 0.724. The number of pyridine rings is 1. The first-order valence-electron chi connectivity index (χ1n) is 10.4. The summed E-state index contributed by atoms with van der Waals surface area (Å²) in [5, 5.41) is 0. The van der Waals surface area contributed by atoms with E-state index in [2.05, 4.69) is 9.71 Å². The van der Waals surface area contributed by atoms with Gasteiger partial charge < -0.3 is 14.4 Å². The van der Waals surface area contributed by atoms with Gasteiger partial charge in [-0.2, -0.15) is 0 Å². The van der Waals surface area contributed by atoms with Gasteiger partial charge in [0.05, 0.1) is 25.0 Å². The molecule has 1 saturated carbocycles. The first-order valence-corrected chi connectivity index (χ1v) is 12.3. The second-order valence-corrected chi connectivity index (χ2v) is 10.1. The van der Waals surface area contributed by atoms with Crippen molar-refractivity contribution < 1.29 is 22.7 Å². The van der Waals surface area contributed by atoms with Crippen molar-refractivity contribution in [3.63, 3.8) is 0 Å². The number of nitrogens with zero attached hydrogens (tertiary/aromatic N) is 2. The van der Waals surface area contributed by atoms with E-state index in [0.29, 0.717) is 31.4 Å². The Labute approximate surface area is 172 Å². The molecule has 0 radical (unpaired) electrons. The van der Waals surface area contributed by atoms with Crippen LogP contribution < -0.4 is 9.46 Å². The van der Waals surface area contributed by atoms with Gasteiger partial charge in [-0.3, -0.25) is 4.79 Å². The third kappa shape index (κ3) is 4.90. The lowest BCUT2D eigenvalue weighted by Crippen LogP contribution is -2.59. The summed E-state index contributed by atoms with van der Waals surface area (Å²) in [6, 6.07) is 3.26. The zero-order valence-electron chi connectivity index (χ0n) is 16.7. The minimum absolute atomic E-state index is 0.109. The van der Waals surface area contributed by atoms with Gasteiger partial charge in [-0.1, -0.05) is 6.07 Å². The third-order valence-electron chi connectivity index (χ3n) is 6.21. The number of rotatable bonds is 2. The van der Waals surface area contributed by atoms with Gasteiger partial charge in [0.15, 0.2) is 6.61 Å². The number of sulfonamides is 1. The molecule has 1 amide bonds. The Morgan fingerprint density at radius 3 is 2.76 bits per heavy atom. The molecule has 2 fully saturated rings. The highest BCUT2D eigenvalue weighted by atomic mass is 32.2. The van der Waals surface area contributed by atoms with Crippen molar-refractivity contribution in [2.24, 2.45) is 0 Å². The van der Waals surface area contributed by atoms with Crippen LogP contribution in [0.15, 0.2) is 18.3 Å². The van der Waals surface area contributed by atoms with Gasteiger partial charge in [0.1, 0.15) is 0 Å². The van der Waals surface area contributed by atoms with E-state index in [-0.39, 0.29) is 30.7 Å². The molecule has 0 aromatic carbocycles. The number of fused-ring (bicyclic) bond motifs is 5. The fraction of sp³-hybridized carbons (Fsp3) is 0.700. The summed E-state index contributed by atoms with van der Waals surface area (Å²) in [6.07, 6.45) is 8.23. The first kappa shape index (κ1) is 20.6. The van der Waals surface area contributed by atoms with Crippen LogP contribution >= 0.6 is 0 Å². The molecule has 29 heavy (non-hydrogen) atoms. The quantitative estimate of drug-likeness (QED) is 0.773. The fourth-order valence-corrected chi connectivity index (χ4v) is 5.63. The highest BCUT2D eigenvalue weighted by Crippen LogP contribution is 2.38. The SMILES string of the molecule is CS(=O)(=O)N[C@H]1CCCN2C(=O)COc3ncccc3C3CCC(CC3)OCC12. The molecule has 1 N–H and O–H groups in total. The maximum Gasteiger partial charge on any atom is 0.260 e. The Bertz CT molecular complexity index is 838. The van der Waals surface area contributed by atoms with E-state index in [9.17, 15) is 13.2 Å². The molecule has 3 aliphatic heterocycles. The average Bonchev–Trinajstić information content (AvgIpc) is 2.71. The van der Waals surface area contributed by atoms with E-state index in [1.54, 1.807) is 11.1 Å². The van der Waals surface area contributed by atoms with Gasteiger partial charge >= 0.3 is 0 Å². The highest BCUT2D eigenvalue weighted by molar-refractivity contribution is 7.88. The maximum atomic E-state index is 13.0. The van der Waals surface area contributed by atoms with Crippen LogP contribution in [0.4, 0.5) is 0 Å². The van der Waals surface area contributed by atoms with Crippen LogP contribution in [0.2, 0.25) is 0 Å². The number of nitrogens with one attached hydrogen (secondary N) is 1. The average molecular weight is 424 g/mol. The molecule has 160 valence electrons. The molecule has 1 aromatic heterocycles. The lowest BCUT2D eigenvalue weighted by Gasteiger charge is -2.41. The zero-order valence-corrected chi connectivity index (χ0v) is 17.6. The van der Waals surface area contributed by atoms with Gasteiger partial charge in [0.25, 0.3) is 5.91 Å². The number of ether oxygens (including phenoxy) is 2. The molecule has 9 heteroatoms. The lowest BCUT2D eigenvalue weighted by atomic mass is 9.83. The van der Waals surface area contributed by atoms with E-state index >= 15 is 0 Å². The summed E-state index contributed by atoms with van der Waals surface area (Å²) in [5.41, 5.74) is 1.06. The lowest BCUT2D eigenvalue weighted by molar-refractivity contribution is -0.140. The van der Waals surface area contributed by atoms with Gasteiger partial charge in [-0.15, -0.1) is 0 Å². The topological polar surface area (TPSA) is 97.8 Å². The Morgan fingerprint density at radius 1 is 1.21 bits per heavy atom. The molecule has 1 unspecified atom stereocenters. The zero-order chi connectivity index (χ0) is 20.4. The van der Waals surface area contributed by atoms with E-state index < -0.39 is 10.0 Å². The summed E-state index contributed by atoms with van der Waals surface area (Å²) >= 11 is 0. The molecule has 5 rings (SSSR count). The predicted molar refractivity (Wildman–Crippen MR) is 107 cm³/mol. The molecular formula is C20H29N3O5S. The first-order chi connectivity index (χ1) is 13.9. The van der Waals surface area contributed by atoms with Crippen LogP contribution in [0.1, 0.15) is 50.0 Å². The molecule has 1 saturated heterocycles. The standard InChI is InChI=1S/C20H29N3O5S/c1-29(25,26)22-17-5-3-11-23-18(17)12-27-15-8-6-14(7-9-15)16-4-2-10-21-20(16)28-13-19(23)24/h2,4,10,14-15,17-18,22H,3,5-9,11-13H2,1H3/t14?,15?,17-,18?/m0/s1. The number of piperidine rings is 1. The Morgan fingerprint density at radius 2 is 2.00 bits per heavy atom. The normalized spacial score (nSPS) is 30.9. The molecule has 8 nitrogen and oxygen atoms in total. The minimum atomic E-state index is -3.38. The van der Waals surface area contributed by atoms with Crippen molar-refractivity contribution in [2.75, 3.05) is 26.0 Å². The largest absolute Gasteiger partial charge is 0.467 e. The number of carbonyl (C=O) groups excluding carboxylic acids is 1. The van der Waals surface area contributed by atoms with Crippen LogP contribution in [-0.2, 0) is 19.6 Å². The fourth-order valence-electron chi connectivity index (χ4n) is 4.81. The van der Waals surface area contributed by atoms with Crippen molar-refractivity contribution >= 4 is 15.9 Å². The van der Waals surface area contributed by atoms with Crippen molar-refractivity contribution in [1.29, 1.82) is 0 Å². The molecule has 1 aliphatic carbocycles. The third-order valence-corrected chi connectivity index (χ3v) is 6.95. The van der Waals surface area contributed by atoms with Gasteiger partial charge in [-0.25, -0.2) is 18.1 Å². The minimum Gasteiger partial charge on any atom is -0.467 e. The second kappa shape index (κ2) is 8.57. The summed E-state index contributed by atoms with van der Waals surface area (Å²) in [7, 11) is -3.38. The Kier molecular flexibility index (Phi) is 6.08. The van der Waals surface area contributed by atoms with Crippen LogP contribution in [-0.4, -0.2) is 68.4 Å². The molecule has 0 spiro atoms. The Balaban J connectivity index is 1.61. The molecule has 4 aliphatic rings. The number of hydrogen-bond donors (Lipinski definition) is 1. The van der Waals surface area contributed by atoms with E-state index in [1.165, 1.54) is 0 Å². The van der Waals surface area contributed by atoms with Crippen molar-refractivity contribution in [2.45, 2.75) is 62.6 Å². The van der Waals surface area contributed by atoms with Crippen LogP contribution in [0.3, 0.4) is 0 Å². The molecular weight excluding hydrogens is 394 g/mol. The molecule has 2 bridgehead atoms. The maximum absolute atomic E-state index is 13.0. The number of aromatic nitrogens is 1. The predicted octanol–water partition coefficient (Wildman–Crippen LogP) is 1.43. The Hall–Kier alpha value is -1.71. The van der Waals surface area contributed by atoms with Gasteiger partial charge in [0.2, 0.25) is 15.9 Å². The summed E-state index contributed by atoms with van der Waals surface area (Å²) in [6.45, 7) is 0.794. The number of amides is 1. The molecule has 4 heterocycles. The van der Waals surface area contributed by atoms with Crippen molar-refractivity contribution in [1.82, 2.24) is 14.6 Å². The van der Waals surface area contributed by atoms with E-state index in [4.69, 9.17) is 9.47 Å². The molecule has 1 aromatic rings. The summed E-state index contributed by atoms with van der Waals surface area (Å²) < 4.78 is 38.5. The van der Waals surface area contributed by atoms with Gasteiger partial charge in [-0.05, 0) is 50.5 Å². The monoisotopic (exact) mass is 423 g/mol. The van der Waals surface area contributed by atoms with Crippen LogP contribution in [0.25, 0.3) is 0 Å². The molecule has 2 atom stereocenters. The van der Waals surface area contributed by atoms with E-state index in [1.807, 2.05) is 12.1 Å². The van der Waals surface area contributed by atoms with Crippen LogP contribution in [0.5, 0.6) is 5.88 Å². The highest BCUT2D eigenvalue weighted by Gasteiger charge is 2.37. The van der Waals surface area contributed by atoms with Crippen molar-refractivity contribution in [3.8, 4) is 5.88 Å².